The Morgan fingerprint density at radius 2 is 2.08 bits per heavy atom. The van der Waals surface area contributed by atoms with Crippen molar-refractivity contribution in [1.29, 1.82) is 0 Å². The fraction of sp³-hybridized carbons (Fsp3) is 0.750. The van der Waals surface area contributed by atoms with E-state index in [9.17, 15) is 0 Å². The summed E-state index contributed by atoms with van der Waals surface area (Å²) in [5.74, 6) is 1.70. The van der Waals surface area contributed by atoms with E-state index in [1.54, 1.807) is 0 Å². The van der Waals surface area contributed by atoms with Gasteiger partial charge in [-0.1, -0.05) is 19.0 Å². The Morgan fingerprint density at radius 1 is 1.42 bits per heavy atom. The summed E-state index contributed by atoms with van der Waals surface area (Å²) in [6, 6.07) is 0.0745. The van der Waals surface area contributed by atoms with Crippen LogP contribution in [0.2, 0.25) is 0 Å². The smallest absolute Gasteiger partial charge is 0.228 e. The Hall–Kier alpha value is -0.900. The maximum Gasteiger partial charge on any atom is 0.228 e. The van der Waals surface area contributed by atoms with Crippen LogP contribution in [0.3, 0.4) is 0 Å². The van der Waals surface area contributed by atoms with Crippen LogP contribution in [-0.2, 0) is 6.42 Å². The molecule has 0 aliphatic carbocycles. The molecule has 2 N–H and O–H groups in total. The highest BCUT2D eigenvalue weighted by Gasteiger charge is 2.10. The minimum atomic E-state index is 0.0745. The Kier molecular flexibility index (Phi) is 2.81. The average Bonchev–Trinajstić information content (AvgIpc) is 2.34. The molecule has 0 amide bonds. The third-order valence-corrected chi connectivity index (χ3v) is 1.50. The highest BCUT2D eigenvalue weighted by Crippen LogP contribution is 2.09. The number of aromatic nitrogens is 2. The van der Waals surface area contributed by atoms with Crippen LogP contribution in [-0.4, -0.2) is 16.2 Å². The molecule has 4 nitrogen and oxygen atoms in total. The van der Waals surface area contributed by atoms with Gasteiger partial charge in [0.25, 0.3) is 0 Å². The third-order valence-electron chi connectivity index (χ3n) is 1.50. The topological polar surface area (TPSA) is 64.9 Å². The zero-order chi connectivity index (χ0) is 9.14. The van der Waals surface area contributed by atoms with E-state index < -0.39 is 0 Å². The second-order valence-corrected chi connectivity index (χ2v) is 3.38. The lowest BCUT2D eigenvalue weighted by Crippen LogP contribution is -2.17. The molecule has 0 fully saturated rings. The predicted octanol–water partition coefficient (Wildman–Crippen LogP) is 1.08. The van der Waals surface area contributed by atoms with Gasteiger partial charge in [0.1, 0.15) is 0 Å². The Labute approximate surface area is 72.1 Å². The minimum absolute atomic E-state index is 0.0745. The van der Waals surface area contributed by atoms with Crippen LogP contribution in [0.1, 0.15) is 38.4 Å². The summed E-state index contributed by atoms with van der Waals surface area (Å²) in [6.07, 6.45) is 0.653. The van der Waals surface area contributed by atoms with E-state index in [1.807, 2.05) is 20.8 Å². The van der Waals surface area contributed by atoms with E-state index in [1.165, 1.54) is 0 Å². The SMILES string of the molecule is CC(N)Cc1nc(C(C)C)no1. The van der Waals surface area contributed by atoms with E-state index >= 15 is 0 Å². The fourth-order valence-corrected chi connectivity index (χ4v) is 0.861. The van der Waals surface area contributed by atoms with Crippen molar-refractivity contribution in [3.05, 3.63) is 11.7 Å². The van der Waals surface area contributed by atoms with E-state index in [2.05, 4.69) is 10.1 Å². The van der Waals surface area contributed by atoms with Crippen molar-refractivity contribution >= 4 is 0 Å². The standard InChI is InChI=1S/C8H15N3O/c1-5(2)8-10-7(12-11-8)4-6(3)9/h5-6H,4,9H2,1-3H3. The average molecular weight is 169 g/mol. The van der Waals surface area contributed by atoms with Gasteiger partial charge < -0.3 is 10.3 Å². The first-order chi connectivity index (χ1) is 5.59. The van der Waals surface area contributed by atoms with Gasteiger partial charge >= 0.3 is 0 Å². The molecule has 1 aromatic heterocycles. The van der Waals surface area contributed by atoms with Crippen molar-refractivity contribution in [3.8, 4) is 0 Å². The molecule has 4 heteroatoms. The largest absolute Gasteiger partial charge is 0.339 e. The summed E-state index contributed by atoms with van der Waals surface area (Å²) in [7, 11) is 0. The molecule has 0 saturated carbocycles. The quantitative estimate of drug-likeness (QED) is 0.735. The van der Waals surface area contributed by atoms with Crippen LogP contribution in [0.4, 0.5) is 0 Å². The summed E-state index contributed by atoms with van der Waals surface area (Å²) in [4.78, 5) is 4.19. The first-order valence-electron chi connectivity index (χ1n) is 4.17. The first kappa shape index (κ1) is 9.19. The van der Waals surface area contributed by atoms with Gasteiger partial charge in [-0.05, 0) is 6.92 Å². The van der Waals surface area contributed by atoms with Gasteiger partial charge in [-0.3, -0.25) is 0 Å². The Bertz CT molecular complexity index is 242. The summed E-state index contributed by atoms with van der Waals surface area (Å²) in [6.45, 7) is 5.97. The molecule has 1 aromatic rings. The van der Waals surface area contributed by atoms with Gasteiger partial charge in [0.05, 0.1) is 0 Å². The van der Waals surface area contributed by atoms with Crippen LogP contribution in [0, 0.1) is 0 Å². The van der Waals surface area contributed by atoms with Crippen LogP contribution in [0.25, 0.3) is 0 Å². The lowest BCUT2D eigenvalue weighted by atomic mass is 10.2. The summed E-state index contributed by atoms with van der Waals surface area (Å²) in [5.41, 5.74) is 5.58. The number of nitrogens with zero attached hydrogens (tertiary/aromatic N) is 2. The van der Waals surface area contributed by atoms with E-state index in [4.69, 9.17) is 10.3 Å². The van der Waals surface area contributed by atoms with Crippen molar-refractivity contribution < 1.29 is 4.52 Å². The maximum atomic E-state index is 5.58. The van der Waals surface area contributed by atoms with Gasteiger partial charge in [0.2, 0.25) is 5.89 Å². The number of hydrogen-bond acceptors (Lipinski definition) is 4. The maximum absolute atomic E-state index is 5.58. The van der Waals surface area contributed by atoms with Crippen molar-refractivity contribution in [1.82, 2.24) is 10.1 Å². The second-order valence-electron chi connectivity index (χ2n) is 3.38. The molecule has 1 atom stereocenters. The molecule has 12 heavy (non-hydrogen) atoms. The van der Waals surface area contributed by atoms with Crippen LogP contribution >= 0.6 is 0 Å². The highest BCUT2D eigenvalue weighted by atomic mass is 16.5. The summed E-state index contributed by atoms with van der Waals surface area (Å²) >= 11 is 0. The highest BCUT2D eigenvalue weighted by molar-refractivity contribution is 4.92. The normalized spacial score (nSPS) is 13.8. The third kappa shape index (κ3) is 2.30. The van der Waals surface area contributed by atoms with Crippen molar-refractivity contribution in [3.63, 3.8) is 0 Å². The van der Waals surface area contributed by atoms with E-state index in [0.717, 1.165) is 5.82 Å². The first-order valence-corrected chi connectivity index (χ1v) is 4.17. The summed E-state index contributed by atoms with van der Waals surface area (Å²) in [5, 5.41) is 3.83. The Morgan fingerprint density at radius 3 is 2.50 bits per heavy atom. The second kappa shape index (κ2) is 3.67. The van der Waals surface area contributed by atoms with Gasteiger partial charge in [-0.15, -0.1) is 0 Å². The van der Waals surface area contributed by atoms with Crippen molar-refractivity contribution in [2.24, 2.45) is 5.73 Å². The molecule has 0 bridgehead atoms. The molecule has 0 saturated heterocycles. The lowest BCUT2D eigenvalue weighted by molar-refractivity contribution is 0.365. The van der Waals surface area contributed by atoms with Gasteiger partial charge in [-0.25, -0.2) is 0 Å². The lowest BCUT2D eigenvalue weighted by Gasteiger charge is -1.97. The monoisotopic (exact) mass is 169 g/mol. The van der Waals surface area contributed by atoms with Crippen LogP contribution in [0.15, 0.2) is 4.52 Å². The number of hydrogen-bond donors (Lipinski definition) is 1. The molecule has 0 aromatic carbocycles. The van der Waals surface area contributed by atoms with Crippen molar-refractivity contribution in [2.45, 2.75) is 39.2 Å². The Balaban J connectivity index is 2.64. The zero-order valence-corrected chi connectivity index (χ0v) is 7.74. The molecule has 0 spiro atoms. The molecule has 0 aliphatic heterocycles. The predicted molar refractivity (Wildman–Crippen MR) is 45.7 cm³/mol. The van der Waals surface area contributed by atoms with Gasteiger partial charge in [0.15, 0.2) is 5.82 Å². The molecule has 0 radical (unpaired) electrons. The zero-order valence-electron chi connectivity index (χ0n) is 7.74. The minimum Gasteiger partial charge on any atom is -0.339 e. The molecule has 68 valence electrons. The van der Waals surface area contributed by atoms with Crippen LogP contribution in [0.5, 0.6) is 0 Å². The molecule has 1 rings (SSSR count). The molecular weight excluding hydrogens is 154 g/mol. The number of nitrogens with two attached hydrogens (primary N) is 1. The fourth-order valence-electron chi connectivity index (χ4n) is 0.861. The van der Waals surface area contributed by atoms with Gasteiger partial charge in [0, 0.05) is 18.4 Å². The van der Waals surface area contributed by atoms with E-state index in [0.29, 0.717) is 18.2 Å². The molecule has 1 heterocycles. The van der Waals surface area contributed by atoms with Crippen LogP contribution < -0.4 is 5.73 Å². The number of rotatable bonds is 3. The van der Waals surface area contributed by atoms with E-state index in [-0.39, 0.29) is 6.04 Å². The van der Waals surface area contributed by atoms with Gasteiger partial charge in [-0.2, -0.15) is 4.98 Å². The molecule has 1 unspecified atom stereocenters. The molecule has 0 aliphatic rings. The summed E-state index contributed by atoms with van der Waals surface area (Å²) < 4.78 is 5.00. The molecular formula is C8H15N3O. The van der Waals surface area contributed by atoms with Crippen molar-refractivity contribution in [2.75, 3.05) is 0 Å².